The third-order valence-electron chi connectivity index (χ3n) is 4.87. The molecule has 0 aliphatic carbocycles. The van der Waals surface area contributed by atoms with Crippen molar-refractivity contribution >= 4 is 34.8 Å². The molecule has 1 saturated heterocycles. The van der Waals surface area contributed by atoms with E-state index in [2.05, 4.69) is 5.32 Å². The molecule has 1 fully saturated rings. The lowest BCUT2D eigenvalue weighted by molar-refractivity contribution is -0.151. The van der Waals surface area contributed by atoms with Crippen molar-refractivity contribution < 1.29 is 19.1 Å². The van der Waals surface area contributed by atoms with Crippen LogP contribution in [0.1, 0.15) is 40.6 Å². The number of thiophene rings is 1. The number of amides is 2. The quantitative estimate of drug-likeness (QED) is 0.754. The zero-order chi connectivity index (χ0) is 20.1. The summed E-state index contributed by atoms with van der Waals surface area (Å²) in [5.41, 5.74) is 2.76. The number of para-hydroxylation sites is 1. The van der Waals surface area contributed by atoms with Crippen LogP contribution < -0.4 is 5.32 Å². The first-order valence-corrected chi connectivity index (χ1v) is 10.3. The maximum Gasteiger partial charge on any atom is 0.329 e. The first kappa shape index (κ1) is 20.1. The molecule has 2 amide bonds. The molecule has 0 bridgehead atoms. The van der Waals surface area contributed by atoms with Gasteiger partial charge in [0.25, 0.3) is 11.8 Å². The van der Waals surface area contributed by atoms with E-state index >= 15 is 0 Å². The molecule has 1 N–H and O–H groups in total. The van der Waals surface area contributed by atoms with Crippen molar-refractivity contribution in [3.05, 3.63) is 51.7 Å². The Bertz CT molecular complexity index is 863. The number of aryl methyl sites for hydroxylation is 2. The van der Waals surface area contributed by atoms with E-state index in [1.165, 1.54) is 11.3 Å². The molecule has 2 aromatic rings. The van der Waals surface area contributed by atoms with Crippen LogP contribution in [0.15, 0.2) is 35.7 Å². The van der Waals surface area contributed by atoms with E-state index in [0.717, 1.165) is 29.7 Å². The monoisotopic (exact) mass is 400 g/mol. The molecule has 1 aromatic heterocycles. The van der Waals surface area contributed by atoms with Gasteiger partial charge >= 0.3 is 5.97 Å². The highest BCUT2D eigenvalue weighted by Gasteiger charge is 2.36. The number of likely N-dealkylation sites (tertiary alicyclic amines) is 1. The van der Waals surface area contributed by atoms with E-state index in [1.807, 2.05) is 43.5 Å². The highest BCUT2D eigenvalue weighted by atomic mass is 32.1. The standard InChI is InChI=1S/C21H24N2O4S/c1-3-15-8-4-7-14(2)19(15)22-18(24)13-27-21(26)16-9-5-11-23(16)20(25)17-10-6-12-28-17/h4,6-8,10,12,16H,3,5,9,11,13H2,1-2H3,(H,22,24)/t16-/m0/s1. The first-order valence-electron chi connectivity index (χ1n) is 9.40. The lowest BCUT2D eigenvalue weighted by atomic mass is 10.1. The van der Waals surface area contributed by atoms with Crippen LogP contribution >= 0.6 is 11.3 Å². The van der Waals surface area contributed by atoms with Crippen LogP contribution in [0.5, 0.6) is 0 Å². The van der Waals surface area contributed by atoms with Gasteiger partial charge in [0.2, 0.25) is 0 Å². The lowest BCUT2D eigenvalue weighted by Gasteiger charge is -2.22. The summed E-state index contributed by atoms with van der Waals surface area (Å²) in [6.45, 7) is 4.09. The van der Waals surface area contributed by atoms with Gasteiger partial charge in [-0.1, -0.05) is 31.2 Å². The van der Waals surface area contributed by atoms with E-state index in [-0.39, 0.29) is 18.4 Å². The Kier molecular flexibility index (Phi) is 6.46. The van der Waals surface area contributed by atoms with Crippen molar-refractivity contribution in [2.75, 3.05) is 18.5 Å². The van der Waals surface area contributed by atoms with Crippen LogP contribution in [0.3, 0.4) is 0 Å². The average Bonchev–Trinajstić information content (AvgIpc) is 3.39. The number of carbonyl (C=O) groups is 3. The number of benzene rings is 1. The van der Waals surface area contributed by atoms with Crippen LogP contribution in [-0.2, 0) is 20.7 Å². The van der Waals surface area contributed by atoms with Crippen molar-refractivity contribution in [1.82, 2.24) is 4.90 Å². The fourth-order valence-electron chi connectivity index (χ4n) is 3.41. The van der Waals surface area contributed by atoms with Gasteiger partial charge in [-0.3, -0.25) is 9.59 Å². The largest absolute Gasteiger partial charge is 0.454 e. The number of ether oxygens (including phenoxy) is 1. The predicted octanol–water partition coefficient (Wildman–Crippen LogP) is 3.41. The van der Waals surface area contributed by atoms with Gasteiger partial charge in [-0.2, -0.15) is 0 Å². The highest BCUT2D eigenvalue weighted by molar-refractivity contribution is 7.12. The Hall–Kier alpha value is -2.67. The van der Waals surface area contributed by atoms with Crippen molar-refractivity contribution in [3.63, 3.8) is 0 Å². The maximum atomic E-state index is 12.6. The summed E-state index contributed by atoms with van der Waals surface area (Å²) in [5, 5.41) is 4.67. The summed E-state index contributed by atoms with van der Waals surface area (Å²) in [5.74, 6) is -1.07. The van der Waals surface area contributed by atoms with E-state index in [0.29, 0.717) is 17.8 Å². The van der Waals surface area contributed by atoms with Crippen molar-refractivity contribution in [2.45, 2.75) is 39.2 Å². The number of rotatable bonds is 6. The molecule has 148 valence electrons. The van der Waals surface area contributed by atoms with Gasteiger partial charge in [-0.15, -0.1) is 11.3 Å². The minimum absolute atomic E-state index is 0.161. The maximum absolute atomic E-state index is 12.6. The fourth-order valence-corrected chi connectivity index (χ4v) is 4.09. The molecule has 7 heteroatoms. The first-order chi connectivity index (χ1) is 13.5. The molecule has 3 rings (SSSR count). The molecule has 1 atom stereocenters. The third-order valence-corrected chi connectivity index (χ3v) is 5.73. The minimum Gasteiger partial charge on any atom is -0.454 e. The summed E-state index contributed by atoms with van der Waals surface area (Å²) in [4.78, 5) is 39.5. The summed E-state index contributed by atoms with van der Waals surface area (Å²) in [6.07, 6.45) is 2.08. The predicted molar refractivity (Wildman–Crippen MR) is 109 cm³/mol. The molecule has 1 aromatic carbocycles. The lowest BCUT2D eigenvalue weighted by Crippen LogP contribution is -2.41. The van der Waals surface area contributed by atoms with Crippen molar-refractivity contribution in [1.29, 1.82) is 0 Å². The molecule has 2 heterocycles. The van der Waals surface area contributed by atoms with E-state index in [9.17, 15) is 14.4 Å². The third kappa shape index (κ3) is 4.42. The number of hydrogen-bond donors (Lipinski definition) is 1. The smallest absolute Gasteiger partial charge is 0.329 e. The van der Waals surface area contributed by atoms with Crippen LogP contribution in [-0.4, -0.2) is 41.9 Å². The van der Waals surface area contributed by atoms with Crippen LogP contribution in [0, 0.1) is 6.92 Å². The van der Waals surface area contributed by atoms with E-state index < -0.39 is 12.0 Å². The molecule has 0 unspecified atom stereocenters. The second-order valence-corrected chi connectivity index (χ2v) is 7.70. The molecular formula is C21H24N2O4S. The summed E-state index contributed by atoms with van der Waals surface area (Å²) in [6, 6.07) is 8.75. The van der Waals surface area contributed by atoms with Crippen LogP contribution in [0.2, 0.25) is 0 Å². The minimum atomic E-state index is -0.632. The van der Waals surface area contributed by atoms with Gasteiger partial charge in [0, 0.05) is 12.2 Å². The Balaban J connectivity index is 1.58. The van der Waals surface area contributed by atoms with Gasteiger partial charge in [-0.25, -0.2) is 4.79 Å². The van der Waals surface area contributed by atoms with Crippen molar-refractivity contribution in [2.24, 2.45) is 0 Å². The Morgan fingerprint density at radius 2 is 2.07 bits per heavy atom. The fraction of sp³-hybridized carbons (Fsp3) is 0.381. The molecule has 0 saturated carbocycles. The Morgan fingerprint density at radius 3 is 2.79 bits per heavy atom. The topological polar surface area (TPSA) is 75.7 Å². The Labute approximate surface area is 168 Å². The molecule has 1 aliphatic rings. The zero-order valence-electron chi connectivity index (χ0n) is 16.1. The second-order valence-electron chi connectivity index (χ2n) is 6.75. The molecule has 6 nitrogen and oxygen atoms in total. The van der Waals surface area contributed by atoms with Gasteiger partial charge in [0.05, 0.1) is 4.88 Å². The zero-order valence-corrected chi connectivity index (χ0v) is 16.9. The van der Waals surface area contributed by atoms with Gasteiger partial charge in [0.15, 0.2) is 6.61 Å². The number of nitrogens with one attached hydrogen (secondary N) is 1. The summed E-state index contributed by atoms with van der Waals surface area (Å²) in [7, 11) is 0. The van der Waals surface area contributed by atoms with Crippen LogP contribution in [0.4, 0.5) is 5.69 Å². The van der Waals surface area contributed by atoms with Crippen molar-refractivity contribution in [3.8, 4) is 0 Å². The SMILES string of the molecule is CCc1cccc(C)c1NC(=O)COC(=O)[C@@H]1CCCN1C(=O)c1cccs1. The van der Waals surface area contributed by atoms with Gasteiger partial charge in [0.1, 0.15) is 6.04 Å². The number of carbonyl (C=O) groups excluding carboxylic acids is 3. The normalized spacial score (nSPS) is 16.1. The van der Waals surface area contributed by atoms with Gasteiger partial charge < -0.3 is 15.0 Å². The number of nitrogens with zero attached hydrogens (tertiary/aromatic N) is 1. The summed E-state index contributed by atoms with van der Waals surface area (Å²) >= 11 is 1.35. The molecular weight excluding hydrogens is 376 g/mol. The molecule has 1 aliphatic heterocycles. The highest BCUT2D eigenvalue weighted by Crippen LogP contribution is 2.24. The Morgan fingerprint density at radius 1 is 1.25 bits per heavy atom. The van der Waals surface area contributed by atoms with Gasteiger partial charge in [-0.05, 0) is 48.8 Å². The molecule has 0 radical (unpaired) electrons. The van der Waals surface area contributed by atoms with E-state index in [4.69, 9.17) is 4.74 Å². The van der Waals surface area contributed by atoms with E-state index in [1.54, 1.807) is 11.0 Å². The number of esters is 1. The number of hydrogen-bond acceptors (Lipinski definition) is 5. The van der Waals surface area contributed by atoms with Crippen LogP contribution in [0.25, 0.3) is 0 Å². The molecule has 0 spiro atoms. The summed E-state index contributed by atoms with van der Waals surface area (Å²) < 4.78 is 5.23. The number of anilines is 1. The average molecular weight is 401 g/mol. The second kappa shape index (κ2) is 9.01. The molecule has 28 heavy (non-hydrogen) atoms.